The number of hydrogen-bond donors (Lipinski definition) is 2. The van der Waals surface area contributed by atoms with Gasteiger partial charge in [0.25, 0.3) is 0 Å². The third-order valence-corrected chi connectivity index (χ3v) is 1.89. The highest BCUT2D eigenvalue weighted by molar-refractivity contribution is 4.76. The molecule has 0 amide bonds. The molecule has 3 N–H and O–H groups in total. The Bertz CT molecular complexity index is 170. The lowest BCUT2D eigenvalue weighted by atomic mass is 10.0. The topological polar surface area (TPSA) is 55.5 Å². The van der Waals surface area contributed by atoms with Gasteiger partial charge in [0.2, 0.25) is 0 Å². The van der Waals surface area contributed by atoms with E-state index in [-0.39, 0.29) is 6.61 Å². The Morgan fingerprint density at radius 2 is 1.93 bits per heavy atom. The van der Waals surface area contributed by atoms with Crippen LogP contribution in [0.3, 0.4) is 0 Å². The summed E-state index contributed by atoms with van der Waals surface area (Å²) >= 11 is 0. The van der Waals surface area contributed by atoms with Crippen LogP contribution in [-0.2, 0) is 4.74 Å². The molecule has 3 nitrogen and oxygen atoms in total. The minimum atomic E-state index is -4.63. The van der Waals surface area contributed by atoms with E-state index in [0.717, 1.165) is 0 Å². The maximum Gasteiger partial charge on any atom is 0.416 e. The summed E-state index contributed by atoms with van der Waals surface area (Å²) in [5.41, 5.74) is 4.98. The highest BCUT2D eigenvalue weighted by Gasteiger charge is 2.38. The number of hydrogen-bond acceptors (Lipinski definition) is 3. The number of alkyl halides is 3. The van der Waals surface area contributed by atoms with Crippen molar-refractivity contribution in [3.8, 4) is 0 Å². The summed E-state index contributed by atoms with van der Waals surface area (Å²) in [7, 11) is 0. The molecule has 0 aromatic carbocycles. The second-order valence-corrected chi connectivity index (χ2v) is 3.58. The first-order valence-corrected chi connectivity index (χ1v) is 4.30. The zero-order valence-electron chi connectivity index (χ0n) is 8.27. The van der Waals surface area contributed by atoms with Gasteiger partial charge in [0.15, 0.2) is 6.10 Å². The van der Waals surface area contributed by atoms with Crippen LogP contribution in [0.25, 0.3) is 0 Å². The third-order valence-electron chi connectivity index (χ3n) is 1.89. The molecular formula is C8H16F3NO2. The van der Waals surface area contributed by atoms with E-state index in [1.807, 2.05) is 6.92 Å². The van der Waals surface area contributed by atoms with Crippen LogP contribution < -0.4 is 5.73 Å². The van der Waals surface area contributed by atoms with Crippen molar-refractivity contribution < 1.29 is 23.0 Å². The molecule has 14 heavy (non-hydrogen) atoms. The molecule has 0 saturated carbocycles. The number of halogens is 3. The highest BCUT2D eigenvalue weighted by atomic mass is 19.4. The largest absolute Gasteiger partial charge is 0.416 e. The number of aliphatic hydroxyl groups excluding tert-OH is 1. The van der Waals surface area contributed by atoms with Gasteiger partial charge in [-0.1, -0.05) is 6.92 Å². The average molecular weight is 215 g/mol. The molecule has 0 fully saturated rings. The fourth-order valence-corrected chi connectivity index (χ4v) is 0.600. The SMILES string of the molecule is CCC(C)(N)COCC(O)C(F)(F)F. The molecule has 0 aromatic rings. The average Bonchev–Trinajstić information content (AvgIpc) is 2.02. The smallest absolute Gasteiger partial charge is 0.382 e. The van der Waals surface area contributed by atoms with Gasteiger partial charge in [-0.05, 0) is 13.3 Å². The lowest BCUT2D eigenvalue weighted by Crippen LogP contribution is -2.42. The molecule has 0 saturated heterocycles. The van der Waals surface area contributed by atoms with Crippen LogP contribution in [0.1, 0.15) is 20.3 Å². The van der Waals surface area contributed by atoms with E-state index in [4.69, 9.17) is 10.8 Å². The van der Waals surface area contributed by atoms with Crippen molar-refractivity contribution in [1.29, 1.82) is 0 Å². The van der Waals surface area contributed by atoms with Gasteiger partial charge < -0.3 is 15.6 Å². The summed E-state index contributed by atoms with van der Waals surface area (Å²) in [5, 5.41) is 8.56. The summed E-state index contributed by atoms with van der Waals surface area (Å²) in [4.78, 5) is 0. The number of rotatable bonds is 5. The standard InChI is InChI=1S/C8H16F3NO2/c1-3-7(2,12)5-14-4-6(13)8(9,10)11/h6,13H,3-5,12H2,1-2H3. The molecule has 0 heterocycles. The minimum Gasteiger partial charge on any atom is -0.382 e. The first kappa shape index (κ1) is 13.7. The number of aliphatic hydroxyl groups is 1. The van der Waals surface area contributed by atoms with Gasteiger partial charge in [-0.25, -0.2) is 0 Å². The van der Waals surface area contributed by atoms with Gasteiger partial charge in [-0.15, -0.1) is 0 Å². The molecule has 0 rings (SSSR count). The van der Waals surface area contributed by atoms with Crippen molar-refractivity contribution in [2.45, 2.75) is 38.1 Å². The van der Waals surface area contributed by atoms with Crippen molar-refractivity contribution in [2.24, 2.45) is 5.73 Å². The van der Waals surface area contributed by atoms with Gasteiger partial charge >= 0.3 is 6.18 Å². The molecule has 6 heteroatoms. The van der Waals surface area contributed by atoms with E-state index < -0.39 is 24.4 Å². The summed E-state index contributed by atoms with van der Waals surface area (Å²) < 4.78 is 40.1. The van der Waals surface area contributed by atoms with Gasteiger partial charge in [-0.3, -0.25) is 0 Å². The fraction of sp³-hybridized carbons (Fsp3) is 1.00. The van der Waals surface area contributed by atoms with Crippen LogP contribution in [-0.4, -0.2) is 36.1 Å². The van der Waals surface area contributed by atoms with E-state index in [2.05, 4.69) is 4.74 Å². The van der Waals surface area contributed by atoms with Crippen molar-refractivity contribution in [3.05, 3.63) is 0 Å². The number of ether oxygens (including phenoxy) is 1. The minimum absolute atomic E-state index is 0.00333. The van der Waals surface area contributed by atoms with E-state index in [0.29, 0.717) is 6.42 Å². The summed E-state index contributed by atoms with van der Waals surface area (Å²) in [6.07, 6.45) is -6.47. The Kier molecular flexibility index (Phi) is 4.83. The van der Waals surface area contributed by atoms with Crippen molar-refractivity contribution in [1.82, 2.24) is 0 Å². The van der Waals surface area contributed by atoms with Crippen molar-refractivity contribution in [3.63, 3.8) is 0 Å². The second-order valence-electron chi connectivity index (χ2n) is 3.58. The van der Waals surface area contributed by atoms with Crippen LogP contribution >= 0.6 is 0 Å². The van der Waals surface area contributed by atoms with E-state index in [1.54, 1.807) is 6.92 Å². The molecule has 0 aromatic heterocycles. The van der Waals surface area contributed by atoms with Gasteiger partial charge in [0.1, 0.15) is 0 Å². The van der Waals surface area contributed by atoms with Crippen LogP contribution in [0.4, 0.5) is 13.2 Å². The Morgan fingerprint density at radius 3 is 2.29 bits per heavy atom. The normalized spacial score (nSPS) is 19.1. The van der Waals surface area contributed by atoms with Crippen LogP contribution in [0, 0.1) is 0 Å². The van der Waals surface area contributed by atoms with Crippen LogP contribution in [0.2, 0.25) is 0 Å². The van der Waals surface area contributed by atoms with E-state index in [9.17, 15) is 13.2 Å². The third kappa shape index (κ3) is 5.41. The molecule has 86 valence electrons. The number of nitrogens with two attached hydrogens (primary N) is 1. The lowest BCUT2D eigenvalue weighted by molar-refractivity contribution is -0.218. The Labute approximate surface area is 81.0 Å². The zero-order chi connectivity index (χ0) is 11.4. The van der Waals surface area contributed by atoms with Gasteiger partial charge in [-0.2, -0.15) is 13.2 Å². The Balaban J connectivity index is 3.75. The molecule has 0 aliphatic carbocycles. The molecule has 0 aliphatic rings. The predicted octanol–water partition coefficient (Wildman–Crippen LogP) is 1.05. The molecule has 0 bridgehead atoms. The lowest BCUT2D eigenvalue weighted by Gasteiger charge is -2.23. The summed E-state index contributed by atoms with van der Waals surface area (Å²) in [5.74, 6) is 0. The van der Waals surface area contributed by atoms with Crippen LogP contribution in [0.5, 0.6) is 0 Å². The second kappa shape index (κ2) is 4.95. The molecule has 2 atom stereocenters. The first-order valence-electron chi connectivity index (χ1n) is 4.30. The molecule has 0 spiro atoms. The van der Waals surface area contributed by atoms with E-state index >= 15 is 0 Å². The van der Waals surface area contributed by atoms with Crippen molar-refractivity contribution in [2.75, 3.05) is 13.2 Å². The molecule has 0 aliphatic heterocycles. The highest BCUT2D eigenvalue weighted by Crippen LogP contribution is 2.20. The quantitative estimate of drug-likeness (QED) is 0.720. The first-order chi connectivity index (χ1) is 6.19. The van der Waals surface area contributed by atoms with Crippen molar-refractivity contribution >= 4 is 0 Å². The van der Waals surface area contributed by atoms with E-state index in [1.165, 1.54) is 0 Å². The maximum atomic E-state index is 11.8. The monoisotopic (exact) mass is 215 g/mol. The fourth-order valence-electron chi connectivity index (χ4n) is 0.600. The van der Waals surface area contributed by atoms with Crippen LogP contribution in [0.15, 0.2) is 0 Å². The summed E-state index contributed by atoms with van der Waals surface area (Å²) in [6, 6.07) is 0. The van der Waals surface area contributed by atoms with Gasteiger partial charge in [0.05, 0.1) is 13.2 Å². The van der Waals surface area contributed by atoms with Gasteiger partial charge in [0, 0.05) is 5.54 Å². The zero-order valence-corrected chi connectivity index (χ0v) is 8.27. The molecule has 0 radical (unpaired) electrons. The summed E-state index contributed by atoms with van der Waals surface area (Å²) in [6.45, 7) is 2.71. The maximum absolute atomic E-state index is 11.8. The Hall–Kier alpha value is -0.330. The predicted molar refractivity (Wildman–Crippen MR) is 45.8 cm³/mol. The molecule has 2 unspecified atom stereocenters. The Morgan fingerprint density at radius 1 is 1.43 bits per heavy atom. The molecular weight excluding hydrogens is 199 g/mol.